The monoisotopic (exact) mass is 260 g/mol. The Morgan fingerprint density at radius 3 is 2.47 bits per heavy atom. The molecule has 0 aromatic heterocycles. The van der Waals surface area contributed by atoms with Gasteiger partial charge < -0.3 is 9.80 Å². The number of quaternary nitrogens is 2. The second kappa shape index (κ2) is 6.94. The van der Waals surface area contributed by atoms with Gasteiger partial charge in [-0.05, 0) is 19.1 Å². The largest absolute Gasteiger partial charge is 0.335 e. The van der Waals surface area contributed by atoms with Crippen molar-refractivity contribution in [2.24, 2.45) is 0 Å². The molecule has 0 saturated carbocycles. The van der Waals surface area contributed by atoms with Gasteiger partial charge in [-0.2, -0.15) is 0 Å². The van der Waals surface area contributed by atoms with E-state index >= 15 is 0 Å². The number of hydrogen-bond donors (Lipinski definition) is 2. The van der Waals surface area contributed by atoms with Gasteiger partial charge >= 0.3 is 0 Å². The molecule has 2 N–H and O–H groups in total. The van der Waals surface area contributed by atoms with Crippen LogP contribution in [0.2, 0.25) is 5.02 Å². The van der Waals surface area contributed by atoms with E-state index in [0.717, 1.165) is 19.6 Å². The zero-order valence-corrected chi connectivity index (χ0v) is 11.6. The van der Waals surface area contributed by atoms with E-state index in [1.165, 1.54) is 15.9 Å². The lowest BCUT2D eigenvalue weighted by atomic mass is 10.2. The fourth-order valence-electron chi connectivity index (χ4n) is 1.77. The fourth-order valence-corrected chi connectivity index (χ4v) is 2.00. The third-order valence-electron chi connectivity index (χ3n) is 2.97. The highest BCUT2D eigenvalue weighted by Crippen LogP contribution is 2.17. The standard InChI is InChI=1S/C13H20ClFN2/c1-4-17(9-8-16(2)3)10-11-12(14)6-5-7-13(11)15/h5-7H,4,8-10H2,1-3H3/p+2. The van der Waals surface area contributed by atoms with E-state index < -0.39 is 0 Å². The van der Waals surface area contributed by atoms with Crippen molar-refractivity contribution < 1.29 is 14.2 Å². The first-order chi connectivity index (χ1) is 8.04. The summed E-state index contributed by atoms with van der Waals surface area (Å²) >= 11 is 6.03. The van der Waals surface area contributed by atoms with Gasteiger partial charge in [0.15, 0.2) is 0 Å². The van der Waals surface area contributed by atoms with Crippen molar-refractivity contribution in [3.63, 3.8) is 0 Å². The molecule has 17 heavy (non-hydrogen) atoms. The first kappa shape index (κ1) is 14.4. The summed E-state index contributed by atoms with van der Waals surface area (Å²) in [7, 11) is 4.26. The molecule has 0 aliphatic heterocycles. The predicted molar refractivity (Wildman–Crippen MR) is 69.2 cm³/mol. The maximum absolute atomic E-state index is 13.6. The lowest BCUT2D eigenvalue weighted by molar-refractivity contribution is -0.949. The third-order valence-corrected chi connectivity index (χ3v) is 3.32. The minimum atomic E-state index is -0.194. The highest BCUT2D eigenvalue weighted by molar-refractivity contribution is 6.31. The molecule has 0 amide bonds. The molecule has 0 spiro atoms. The molecule has 1 aromatic carbocycles. The Bertz CT molecular complexity index is 335. The van der Waals surface area contributed by atoms with Gasteiger partial charge in [0, 0.05) is 0 Å². The Labute approximate surface area is 108 Å². The number of rotatable bonds is 6. The average Bonchev–Trinajstić information content (AvgIpc) is 2.27. The van der Waals surface area contributed by atoms with Crippen molar-refractivity contribution in [2.45, 2.75) is 13.5 Å². The van der Waals surface area contributed by atoms with Crippen molar-refractivity contribution in [2.75, 3.05) is 33.7 Å². The maximum atomic E-state index is 13.6. The average molecular weight is 261 g/mol. The molecule has 0 aliphatic rings. The van der Waals surface area contributed by atoms with E-state index in [2.05, 4.69) is 21.0 Å². The predicted octanol–water partition coefficient (Wildman–Crippen LogP) is 0.0284. The minimum absolute atomic E-state index is 0.194. The van der Waals surface area contributed by atoms with E-state index in [9.17, 15) is 4.39 Å². The molecule has 1 rings (SSSR count). The first-order valence-corrected chi connectivity index (χ1v) is 6.47. The van der Waals surface area contributed by atoms with Crippen LogP contribution in [0, 0.1) is 5.82 Å². The second-order valence-electron chi connectivity index (χ2n) is 4.69. The molecule has 0 fully saturated rings. The number of likely N-dealkylation sites (N-methyl/N-ethyl adjacent to an activating group) is 2. The van der Waals surface area contributed by atoms with E-state index in [4.69, 9.17) is 11.6 Å². The van der Waals surface area contributed by atoms with Crippen LogP contribution in [0.4, 0.5) is 4.39 Å². The maximum Gasteiger partial charge on any atom is 0.133 e. The van der Waals surface area contributed by atoms with Gasteiger partial charge in [-0.3, -0.25) is 0 Å². The van der Waals surface area contributed by atoms with Crippen LogP contribution in [-0.4, -0.2) is 33.7 Å². The van der Waals surface area contributed by atoms with Gasteiger partial charge in [0.2, 0.25) is 0 Å². The van der Waals surface area contributed by atoms with Crippen LogP contribution in [0.5, 0.6) is 0 Å². The van der Waals surface area contributed by atoms with Gasteiger partial charge in [0.05, 0.1) is 31.2 Å². The summed E-state index contributed by atoms with van der Waals surface area (Å²) in [6.45, 7) is 5.88. The first-order valence-electron chi connectivity index (χ1n) is 6.10. The zero-order chi connectivity index (χ0) is 12.8. The molecule has 0 radical (unpaired) electrons. The quantitative estimate of drug-likeness (QED) is 0.714. The van der Waals surface area contributed by atoms with Gasteiger partial charge in [-0.1, -0.05) is 17.7 Å². The van der Waals surface area contributed by atoms with Crippen molar-refractivity contribution in [1.29, 1.82) is 0 Å². The Kier molecular flexibility index (Phi) is 5.89. The summed E-state index contributed by atoms with van der Waals surface area (Å²) in [5.41, 5.74) is 0.639. The SMILES string of the molecule is CC[NH+](CC[NH+](C)C)Cc1c(F)cccc1Cl. The normalized spacial score (nSPS) is 13.1. The van der Waals surface area contributed by atoms with Crippen molar-refractivity contribution in [3.05, 3.63) is 34.6 Å². The van der Waals surface area contributed by atoms with Crippen LogP contribution in [0.25, 0.3) is 0 Å². The van der Waals surface area contributed by atoms with Crippen molar-refractivity contribution in [1.82, 2.24) is 0 Å². The number of nitrogens with one attached hydrogen (secondary N) is 2. The smallest absolute Gasteiger partial charge is 0.133 e. The van der Waals surface area contributed by atoms with Crippen LogP contribution in [0.15, 0.2) is 18.2 Å². The highest BCUT2D eigenvalue weighted by atomic mass is 35.5. The molecule has 1 aromatic rings. The molecule has 2 nitrogen and oxygen atoms in total. The molecule has 4 heteroatoms. The zero-order valence-electron chi connectivity index (χ0n) is 10.8. The minimum Gasteiger partial charge on any atom is -0.335 e. The number of benzene rings is 1. The van der Waals surface area contributed by atoms with Gasteiger partial charge in [-0.25, -0.2) is 4.39 Å². The molecule has 0 saturated heterocycles. The summed E-state index contributed by atoms with van der Waals surface area (Å²) in [6, 6.07) is 4.88. The Morgan fingerprint density at radius 2 is 1.94 bits per heavy atom. The van der Waals surface area contributed by atoms with Crippen LogP contribution < -0.4 is 9.80 Å². The Morgan fingerprint density at radius 1 is 1.24 bits per heavy atom. The van der Waals surface area contributed by atoms with Crippen LogP contribution in [-0.2, 0) is 6.54 Å². The number of hydrogen-bond acceptors (Lipinski definition) is 0. The summed E-state index contributed by atoms with van der Waals surface area (Å²) in [5, 5.41) is 0.535. The highest BCUT2D eigenvalue weighted by Gasteiger charge is 2.14. The van der Waals surface area contributed by atoms with E-state index in [0.29, 0.717) is 17.1 Å². The third kappa shape index (κ3) is 4.62. The molecule has 1 unspecified atom stereocenters. The lowest BCUT2D eigenvalue weighted by Gasteiger charge is -2.19. The van der Waals surface area contributed by atoms with Gasteiger partial charge in [0.25, 0.3) is 0 Å². The summed E-state index contributed by atoms with van der Waals surface area (Å²) in [6.07, 6.45) is 0. The second-order valence-corrected chi connectivity index (χ2v) is 5.09. The van der Waals surface area contributed by atoms with E-state index in [-0.39, 0.29) is 5.82 Å². The topological polar surface area (TPSA) is 8.88 Å². The van der Waals surface area contributed by atoms with Crippen LogP contribution >= 0.6 is 11.6 Å². The van der Waals surface area contributed by atoms with Crippen LogP contribution in [0.3, 0.4) is 0 Å². The summed E-state index contributed by atoms with van der Waals surface area (Å²) in [4.78, 5) is 2.77. The summed E-state index contributed by atoms with van der Waals surface area (Å²) < 4.78 is 13.6. The molecule has 96 valence electrons. The molecule has 1 atom stereocenters. The molecule has 0 aliphatic carbocycles. The Hall–Kier alpha value is -0.640. The lowest BCUT2D eigenvalue weighted by Crippen LogP contribution is -3.17. The summed E-state index contributed by atoms with van der Waals surface area (Å²) in [5.74, 6) is -0.194. The molecular formula is C13H22ClFN2+2. The van der Waals surface area contributed by atoms with Gasteiger partial charge in [0.1, 0.15) is 25.5 Å². The van der Waals surface area contributed by atoms with Gasteiger partial charge in [-0.15, -0.1) is 0 Å². The number of halogens is 2. The van der Waals surface area contributed by atoms with E-state index in [1.807, 2.05) is 0 Å². The van der Waals surface area contributed by atoms with Crippen LogP contribution in [0.1, 0.15) is 12.5 Å². The Balaban J connectivity index is 2.67. The van der Waals surface area contributed by atoms with Crippen molar-refractivity contribution >= 4 is 11.6 Å². The molecule has 0 bridgehead atoms. The molecular weight excluding hydrogens is 239 g/mol. The van der Waals surface area contributed by atoms with E-state index in [1.54, 1.807) is 12.1 Å². The van der Waals surface area contributed by atoms with Crippen molar-refractivity contribution in [3.8, 4) is 0 Å². The molecule has 0 heterocycles. The fraction of sp³-hybridized carbons (Fsp3) is 0.538.